The van der Waals surface area contributed by atoms with Gasteiger partial charge in [-0.15, -0.1) is 0 Å². The van der Waals surface area contributed by atoms with E-state index in [-0.39, 0.29) is 24.3 Å². The molecule has 0 spiro atoms. The van der Waals surface area contributed by atoms with Crippen LogP contribution in [-0.4, -0.2) is 32.4 Å². The van der Waals surface area contributed by atoms with Crippen molar-refractivity contribution in [1.82, 2.24) is 0 Å². The minimum atomic E-state index is -0.745. The molecule has 0 amide bonds. The maximum absolute atomic E-state index is 9.40. The highest BCUT2D eigenvalue weighted by atomic mass is 16.4. The molecule has 0 aliphatic heterocycles. The van der Waals surface area contributed by atoms with Crippen molar-refractivity contribution in [2.45, 2.75) is 47.5 Å². The summed E-state index contributed by atoms with van der Waals surface area (Å²) in [6, 6.07) is 1.57. The third kappa shape index (κ3) is 9.32. The van der Waals surface area contributed by atoms with Gasteiger partial charge in [-0.25, -0.2) is 0 Å². The molecule has 1 aromatic carbocycles. The highest BCUT2D eigenvalue weighted by Crippen LogP contribution is 2.30. The van der Waals surface area contributed by atoms with Gasteiger partial charge in [0.15, 0.2) is 0 Å². The zero-order valence-electron chi connectivity index (χ0n) is 13.1. The lowest BCUT2D eigenvalue weighted by atomic mass is 10.0. The van der Waals surface area contributed by atoms with E-state index in [1.165, 1.54) is 0 Å². The van der Waals surface area contributed by atoms with E-state index in [0.29, 0.717) is 5.56 Å². The molecule has 21 heavy (non-hydrogen) atoms. The SMILES string of the molecule is CCC(=O)O.CCC(=O)O.Cc1cc(O)c(C)c(C)c1O. The summed E-state index contributed by atoms with van der Waals surface area (Å²) in [7, 11) is 0. The number of carboxylic acids is 2. The van der Waals surface area contributed by atoms with Crippen LogP contribution in [0.3, 0.4) is 0 Å². The monoisotopic (exact) mass is 300 g/mol. The van der Waals surface area contributed by atoms with E-state index >= 15 is 0 Å². The Bertz CT molecular complexity index is 439. The van der Waals surface area contributed by atoms with E-state index in [0.717, 1.165) is 11.1 Å². The molecule has 1 rings (SSSR count). The first-order valence-corrected chi connectivity index (χ1v) is 6.50. The minimum Gasteiger partial charge on any atom is -0.508 e. The number of carboxylic acid groups (broad SMARTS) is 2. The number of aliphatic carboxylic acids is 2. The number of aromatic hydroxyl groups is 2. The van der Waals surface area contributed by atoms with Gasteiger partial charge in [-0.3, -0.25) is 9.59 Å². The zero-order chi connectivity index (χ0) is 17.2. The molecule has 120 valence electrons. The summed E-state index contributed by atoms with van der Waals surface area (Å²) in [5.41, 5.74) is 2.21. The van der Waals surface area contributed by atoms with Crippen molar-refractivity contribution >= 4 is 11.9 Å². The molecule has 6 nitrogen and oxygen atoms in total. The summed E-state index contributed by atoms with van der Waals surface area (Å²) in [6.45, 7) is 8.54. The van der Waals surface area contributed by atoms with E-state index in [1.807, 2.05) is 0 Å². The fourth-order valence-electron chi connectivity index (χ4n) is 1.05. The fourth-order valence-corrected chi connectivity index (χ4v) is 1.05. The number of phenols is 2. The first-order chi connectivity index (χ1) is 9.58. The van der Waals surface area contributed by atoms with Crippen molar-refractivity contribution in [2.75, 3.05) is 0 Å². The van der Waals surface area contributed by atoms with Crippen molar-refractivity contribution in [3.05, 3.63) is 22.8 Å². The molecule has 0 saturated carbocycles. The summed E-state index contributed by atoms with van der Waals surface area (Å²) in [4.78, 5) is 18.7. The van der Waals surface area contributed by atoms with Crippen molar-refractivity contribution < 1.29 is 30.0 Å². The molecular weight excluding hydrogens is 276 g/mol. The first kappa shape index (κ1) is 21.1. The van der Waals surface area contributed by atoms with Crippen LogP contribution in [0.2, 0.25) is 0 Å². The van der Waals surface area contributed by atoms with E-state index in [1.54, 1.807) is 40.7 Å². The Morgan fingerprint density at radius 1 is 0.905 bits per heavy atom. The van der Waals surface area contributed by atoms with Gasteiger partial charge in [-0.1, -0.05) is 13.8 Å². The van der Waals surface area contributed by atoms with Crippen LogP contribution in [0.25, 0.3) is 0 Å². The molecule has 1 aromatic rings. The number of rotatable bonds is 2. The van der Waals surface area contributed by atoms with Crippen molar-refractivity contribution in [3.8, 4) is 11.5 Å². The van der Waals surface area contributed by atoms with E-state index in [4.69, 9.17) is 10.2 Å². The number of benzene rings is 1. The van der Waals surface area contributed by atoms with Gasteiger partial charge in [0, 0.05) is 12.8 Å². The number of hydrogen-bond donors (Lipinski definition) is 4. The summed E-state index contributed by atoms with van der Waals surface area (Å²) in [6.07, 6.45) is 0.444. The van der Waals surface area contributed by atoms with Crippen LogP contribution in [0.15, 0.2) is 6.07 Å². The molecule has 0 fully saturated rings. The van der Waals surface area contributed by atoms with Gasteiger partial charge in [-0.05, 0) is 43.5 Å². The first-order valence-electron chi connectivity index (χ1n) is 6.50. The highest BCUT2D eigenvalue weighted by molar-refractivity contribution is 5.66. The maximum Gasteiger partial charge on any atom is 0.303 e. The van der Waals surface area contributed by atoms with Crippen LogP contribution in [-0.2, 0) is 9.59 Å². The van der Waals surface area contributed by atoms with E-state index < -0.39 is 11.9 Å². The minimum absolute atomic E-state index is 0.222. The maximum atomic E-state index is 9.40. The van der Waals surface area contributed by atoms with Crippen LogP contribution in [0.5, 0.6) is 11.5 Å². The lowest BCUT2D eigenvalue weighted by molar-refractivity contribution is -0.137. The summed E-state index contributed by atoms with van der Waals surface area (Å²) in [5, 5.41) is 34.1. The van der Waals surface area contributed by atoms with Gasteiger partial charge < -0.3 is 20.4 Å². The van der Waals surface area contributed by atoms with Crippen molar-refractivity contribution in [3.63, 3.8) is 0 Å². The molecule has 0 saturated heterocycles. The Balaban J connectivity index is 0. The van der Waals surface area contributed by atoms with Gasteiger partial charge >= 0.3 is 11.9 Å². The standard InChI is InChI=1S/C9H12O2.2C3H6O2/c1-5-4-8(10)6(2)7(3)9(5)11;2*1-2-3(4)5/h4,10-11H,1-3H3;2*2H2,1H3,(H,4,5). The van der Waals surface area contributed by atoms with Gasteiger partial charge in [0.25, 0.3) is 0 Å². The molecular formula is C15H24O6. The average Bonchev–Trinajstić information content (AvgIpc) is 2.44. The lowest BCUT2D eigenvalue weighted by Gasteiger charge is -2.07. The van der Waals surface area contributed by atoms with Crippen LogP contribution in [0.4, 0.5) is 0 Å². The molecule has 0 radical (unpaired) electrons. The largest absolute Gasteiger partial charge is 0.508 e. The molecule has 0 aliphatic rings. The second kappa shape index (κ2) is 10.5. The zero-order valence-corrected chi connectivity index (χ0v) is 13.1. The second-order valence-electron chi connectivity index (χ2n) is 4.31. The summed E-state index contributed by atoms with van der Waals surface area (Å²) >= 11 is 0. The van der Waals surface area contributed by atoms with Crippen molar-refractivity contribution in [1.29, 1.82) is 0 Å². The highest BCUT2D eigenvalue weighted by Gasteiger charge is 2.06. The van der Waals surface area contributed by atoms with Crippen molar-refractivity contribution in [2.24, 2.45) is 0 Å². The fraction of sp³-hybridized carbons (Fsp3) is 0.467. The number of aryl methyl sites for hydroxylation is 1. The van der Waals surface area contributed by atoms with Gasteiger partial charge in [0.1, 0.15) is 11.5 Å². The Kier molecular flexibility index (Phi) is 10.6. The smallest absolute Gasteiger partial charge is 0.303 e. The number of phenolic OH excluding ortho intramolecular Hbond substituents is 2. The second-order valence-corrected chi connectivity index (χ2v) is 4.31. The Morgan fingerprint density at radius 2 is 1.24 bits per heavy atom. The quantitative estimate of drug-likeness (QED) is 0.624. The third-order valence-electron chi connectivity index (χ3n) is 2.63. The predicted octanol–water partition coefficient (Wildman–Crippen LogP) is 2.99. The predicted molar refractivity (Wildman–Crippen MR) is 79.8 cm³/mol. The number of carbonyl (C=O) groups is 2. The Labute approximate surface area is 124 Å². The molecule has 0 unspecified atom stereocenters. The topological polar surface area (TPSA) is 115 Å². The molecule has 0 aromatic heterocycles. The molecule has 0 heterocycles. The third-order valence-corrected chi connectivity index (χ3v) is 2.63. The van der Waals surface area contributed by atoms with E-state index in [2.05, 4.69) is 0 Å². The molecule has 0 atom stereocenters. The molecule has 4 N–H and O–H groups in total. The van der Waals surface area contributed by atoms with Crippen LogP contribution < -0.4 is 0 Å². The van der Waals surface area contributed by atoms with Crippen LogP contribution in [0, 0.1) is 20.8 Å². The summed E-state index contributed by atoms with van der Waals surface area (Å²) < 4.78 is 0. The molecule has 0 aliphatic carbocycles. The summed E-state index contributed by atoms with van der Waals surface area (Å²) in [5.74, 6) is -0.965. The van der Waals surface area contributed by atoms with Gasteiger partial charge in [0.05, 0.1) is 0 Å². The number of hydrogen-bond acceptors (Lipinski definition) is 4. The normalized spacial score (nSPS) is 8.81. The van der Waals surface area contributed by atoms with E-state index in [9.17, 15) is 19.8 Å². The lowest BCUT2D eigenvalue weighted by Crippen LogP contribution is -1.86. The van der Waals surface area contributed by atoms with Crippen LogP contribution >= 0.6 is 0 Å². The Morgan fingerprint density at radius 3 is 1.52 bits per heavy atom. The van der Waals surface area contributed by atoms with Gasteiger partial charge in [0.2, 0.25) is 0 Å². The van der Waals surface area contributed by atoms with Gasteiger partial charge in [-0.2, -0.15) is 0 Å². The average molecular weight is 300 g/mol. The Hall–Kier alpha value is -2.24. The van der Waals surface area contributed by atoms with Crippen LogP contribution in [0.1, 0.15) is 43.4 Å². The molecule has 6 heteroatoms. The molecule has 0 bridgehead atoms.